The zero-order valence-corrected chi connectivity index (χ0v) is 11.0. The molecule has 0 aromatic heterocycles. The van der Waals surface area contributed by atoms with Crippen LogP contribution in [0.2, 0.25) is 0 Å². The molecule has 1 N–H and O–H groups in total. The Bertz CT molecular complexity index is 129. The predicted octanol–water partition coefficient (Wildman–Crippen LogP) is -2.96. The minimum Gasteiger partial charge on any atom is -1.00 e. The van der Waals surface area contributed by atoms with E-state index in [2.05, 4.69) is 4.18 Å². The maximum atomic E-state index is 10.0. The molecular weight excluding hydrogens is 195 g/mol. The summed E-state index contributed by atoms with van der Waals surface area (Å²) in [4.78, 5) is 10.0. The second-order valence-electron chi connectivity index (χ2n) is 1.03. The molecule has 0 amide bonds. The van der Waals surface area contributed by atoms with Crippen molar-refractivity contribution in [2.75, 3.05) is 0 Å². The van der Waals surface area contributed by atoms with Gasteiger partial charge in [0.2, 0.25) is 0 Å². The van der Waals surface area contributed by atoms with Crippen LogP contribution in [-0.4, -0.2) is 52.5 Å². The van der Waals surface area contributed by atoms with Crippen LogP contribution in [0, 0.1) is 0 Å². The number of rotatable bonds is 2. The Morgan fingerprint density at radius 1 is 1.80 bits per heavy atom. The van der Waals surface area contributed by atoms with Gasteiger partial charge in [0, 0.05) is 6.42 Å². The van der Waals surface area contributed by atoms with Crippen molar-refractivity contribution in [3.8, 4) is 0 Å². The maximum absolute atomic E-state index is 10.0. The van der Waals surface area contributed by atoms with Crippen molar-refractivity contribution in [3.63, 3.8) is 0 Å². The van der Waals surface area contributed by atoms with E-state index in [4.69, 9.17) is 4.55 Å². The van der Waals surface area contributed by atoms with Crippen LogP contribution >= 0.6 is 0 Å². The molecule has 10 heavy (non-hydrogen) atoms. The van der Waals surface area contributed by atoms with Gasteiger partial charge in [-0.15, -0.1) is 0 Å². The molecular formula is C3H9CaNaO4S. The molecule has 1 atom stereocenters. The van der Waals surface area contributed by atoms with Crippen LogP contribution in [0.25, 0.3) is 0 Å². The normalized spacial score (nSPS) is 10.2. The third-order valence-corrected chi connectivity index (χ3v) is 0.781. The number of carbonyl (C=O) groups is 1. The molecule has 0 aromatic carbocycles. The molecule has 0 radical (unpaired) electrons. The Hall–Kier alpha value is 1.84. The summed E-state index contributed by atoms with van der Waals surface area (Å²) in [6.45, 7) is 1.54. The fourth-order valence-corrected chi connectivity index (χ4v) is 0.415. The smallest absolute Gasteiger partial charge is 1.00 e. The fourth-order valence-electron chi connectivity index (χ4n) is 0.138. The molecule has 4 nitrogen and oxygen atoms in total. The third kappa shape index (κ3) is 12.5. The largest absolute Gasteiger partial charge is 2.00 e. The van der Waals surface area contributed by atoms with E-state index in [0.717, 1.165) is 0 Å². The van der Waals surface area contributed by atoms with Crippen molar-refractivity contribution < 1.29 is 51.6 Å². The van der Waals surface area contributed by atoms with Crippen molar-refractivity contribution in [1.29, 1.82) is 0 Å². The monoisotopic (exact) mass is 204 g/mol. The van der Waals surface area contributed by atoms with Gasteiger partial charge < -0.3 is 8.46 Å². The standard InChI is InChI=1S/C3H6O4S.Ca.Na.3H/c1-2-3(4)7-8(5)6;;;;;/h2H2,1H3,(H,5,6);;;;;/q;+2;+1;3*-1. The van der Waals surface area contributed by atoms with Gasteiger partial charge in [0.15, 0.2) is 0 Å². The van der Waals surface area contributed by atoms with Crippen LogP contribution in [0.5, 0.6) is 0 Å². The number of hydrogen-bond donors (Lipinski definition) is 1. The van der Waals surface area contributed by atoms with Crippen LogP contribution in [-0.2, 0) is 20.3 Å². The zero-order valence-electron chi connectivity index (χ0n) is 8.99. The predicted molar refractivity (Wildman–Crippen MR) is 36.2 cm³/mol. The van der Waals surface area contributed by atoms with E-state index in [9.17, 15) is 9.00 Å². The van der Waals surface area contributed by atoms with Gasteiger partial charge in [-0.1, -0.05) is 6.92 Å². The Kier molecular flexibility index (Phi) is 19.3. The van der Waals surface area contributed by atoms with Gasteiger partial charge in [-0.2, -0.15) is 4.21 Å². The average molecular weight is 204 g/mol. The molecule has 0 saturated heterocycles. The summed E-state index contributed by atoms with van der Waals surface area (Å²) >= 11 is -2.45. The molecule has 0 rings (SSSR count). The Labute approximate surface area is 118 Å². The quantitative estimate of drug-likeness (QED) is 0.385. The Morgan fingerprint density at radius 2 is 2.20 bits per heavy atom. The van der Waals surface area contributed by atoms with E-state index >= 15 is 0 Å². The van der Waals surface area contributed by atoms with Gasteiger partial charge in [0.1, 0.15) is 0 Å². The van der Waals surface area contributed by atoms with Crippen molar-refractivity contribution >= 4 is 55.1 Å². The van der Waals surface area contributed by atoms with Gasteiger partial charge in [-0.25, -0.2) is 0 Å². The van der Waals surface area contributed by atoms with E-state index in [-0.39, 0.29) is 78.0 Å². The molecule has 0 fully saturated rings. The second kappa shape index (κ2) is 10.8. The summed E-state index contributed by atoms with van der Waals surface area (Å²) in [6.07, 6.45) is 0.117. The molecule has 0 aliphatic heterocycles. The first-order chi connectivity index (χ1) is 3.66. The zero-order chi connectivity index (χ0) is 6.57. The summed E-state index contributed by atoms with van der Waals surface area (Å²) < 4.78 is 21.3. The fraction of sp³-hybridized carbons (Fsp3) is 0.667. The second-order valence-corrected chi connectivity index (χ2v) is 1.63. The third-order valence-electron chi connectivity index (χ3n) is 0.453. The molecule has 0 aliphatic rings. The maximum Gasteiger partial charge on any atom is 2.00 e. The van der Waals surface area contributed by atoms with Gasteiger partial charge in [-0.05, 0) is 0 Å². The van der Waals surface area contributed by atoms with Crippen LogP contribution in [0.15, 0.2) is 0 Å². The summed E-state index contributed by atoms with van der Waals surface area (Å²) in [5, 5.41) is 0. The molecule has 0 aromatic rings. The molecule has 0 aliphatic carbocycles. The van der Waals surface area contributed by atoms with Crippen LogP contribution in [0.3, 0.4) is 0 Å². The minimum absolute atomic E-state index is 0. The minimum atomic E-state index is -2.45. The summed E-state index contributed by atoms with van der Waals surface area (Å²) in [5.74, 6) is -0.675. The van der Waals surface area contributed by atoms with Gasteiger partial charge >= 0.3 is 84.6 Å². The summed E-state index contributed by atoms with van der Waals surface area (Å²) in [7, 11) is 0. The van der Waals surface area contributed by atoms with Crippen molar-refractivity contribution in [1.82, 2.24) is 0 Å². The first-order valence-electron chi connectivity index (χ1n) is 1.98. The van der Waals surface area contributed by atoms with Crippen molar-refractivity contribution in [2.45, 2.75) is 13.3 Å². The van der Waals surface area contributed by atoms with E-state index in [0.29, 0.717) is 0 Å². The first-order valence-corrected chi connectivity index (χ1v) is 3.02. The van der Waals surface area contributed by atoms with E-state index in [1.807, 2.05) is 0 Å². The molecule has 1 unspecified atom stereocenters. The van der Waals surface area contributed by atoms with E-state index < -0.39 is 17.3 Å². The van der Waals surface area contributed by atoms with Crippen molar-refractivity contribution in [3.05, 3.63) is 0 Å². The molecule has 0 heterocycles. The van der Waals surface area contributed by atoms with Gasteiger partial charge in [0.25, 0.3) is 0 Å². The first kappa shape index (κ1) is 17.8. The molecule has 54 valence electrons. The summed E-state index contributed by atoms with van der Waals surface area (Å²) in [6, 6.07) is 0. The number of hydrogen-bond acceptors (Lipinski definition) is 3. The average Bonchev–Trinajstić information content (AvgIpc) is 1.65. The van der Waals surface area contributed by atoms with E-state index in [1.54, 1.807) is 0 Å². The van der Waals surface area contributed by atoms with E-state index in [1.165, 1.54) is 6.92 Å². The molecule has 0 bridgehead atoms. The van der Waals surface area contributed by atoms with Crippen LogP contribution in [0.1, 0.15) is 17.6 Å². The summed E-state index contributed by atoms with van der Waals surface area (Å²) in [5.41, 5.74) is 0. The number of carbonyl (C=O) groups excluding carboxylic acids is 1. The van der Waals surface area contributed by atoms with Gasteiger partial charge in [-0.3, -0.25) is 9.35 Å². The van der Waals surface area contributed by atoms with Crippen molar-refractivity contribution in [2.24, 2.45) is 0 Å². The Morgan fingerprint density at radius 3 is 2.30 bits per heavy atom. The molecule has 0 spiro atoms. The SMILES string of the molecule is CCC(=O)OS(=O)O.[Ca+2].[H-].[H-].[H-].[Na+]. The van der Waals surface area contributed by atoms with Gasteiger partial charge in [0.05, 0.1) is 0 Å². The molecule has 7 heteroatoms. The van der Waals surface area contributed by atoms with Crippen LogP contribution in [0.4, 0.5) is 0 Å². The van der Waals surface area contributed by atoms with Crippen LogP contribution < -0.4 is 29.6 Å². The Balaban J connectivity index is -0.0000000245. The molecule has 0 saturated carbocycles. The topological polar surface area (TPSA) is 63.6 Å².